The number of likely N-dealkylation sites (N-methyl/N-ethyl adjacent to an activating group) is 1. The molecule has 0 unspecified atom stereocenters. The number of hydrogen-bond donors (Lipinski definition) is 0. The maximum absolute atomic E-state index is 6.01. The van der Waals surface area contributed by atoms with Crippen LogP contribution < -0.4 is 0 Å². The third-order valence-electron chi connectivity index (χ3n) is 4.69. The molecule has 0 aliphatic carbocycles. The molecule has 2 aliphatic heterocycles. The lowest BCUT2D eigenvalue weighted by Gasteiger charge is -2.37. The Morgan fingerprint density at radius 3 is 2.52 bits per heavy atom. The second kappa shape index (κ2) is 6.05. The lowest BCUT2D eigenvalue weighted by atomic mass is 10.0. The van der Waals surface area contributed by atoms with E-state index in [1.54, 1.807) is 0 Å². The molecule has 116 valence electrons. The summed E-state index contributed by atoms with van der Waals surface area (Å²) in [5, 5.41) is 0. The molecule has 0 radical (unpaired) electrons. The monoisotopic (exact) mass is 292 g/mol. The first kappa shape index (κ1) is 15.0. The van der Waals surface area contributed by atoms with Gasteiger partial charge in [0.05, 0.1) is 20.7 Å². The van der Waals surface area contributed by atoms with E-state index in [2.05, 4.69) is 44.4 Å². The van der Waals surface area contributed by atoms with E-state index in [-0.39, 0.29) is 18.3 Å². The van der Waals surface area contributed by atoms with Crippen LogP contribution in [0.25, 0.3) is 0 Å². The fraction of sp³-hybridized carbons (Fsp3) is 0.647. The normalized spacial score (nSPS) is 32.3. The topological polar surface area (TPSA) is 27.7 Å². The Morgan fingerprint density at radius 1 is 1.10 bits per heavy atom. The van der Waals surface area contributed by atoms with Crippen LogP contribution in [0.2, 0.25) is 0 Å². The summed E-state index contributed by atoms with van der Waals surface area (Å²) in [6.45, 7) is 5.13. The minimum atomic E-state index is 0.0988. The van der Waals surface area contributed by atoms with Crippen LogP contribution in [-0.4, -0.2) is 62.8 Å². The van der Waals surface area contributed by atoms with Gasteiger partial charge in [-0.3, -0.25) is 0 Å². The van der Waals surface area contributed by atoms with E-state index < -0.39 is 0 Å². The Hall–Kier alpha value is -0.940. The molecule has 2 aliphatic rings. The summed E-state index contributed by atoms with van der Waals surface area (Å²) in [6.07, 6.45) is 0.352. The Balaban J connectivity index is 1.69. The van der Waals surface area contributed by atoms with Crippen LogP contribution in [0, 0.1) is 0 Å². The van der Waals surface area contributed by atoms with Crippen molar-refractivity contribution in [1.82, 2.24) is 0 Å². The predicted octanol–water partition coefficient (Wildman–Crippen LogP) is 1.83. The van der Waals surface area contributed by atoms with E-state index in [9.17, 15) is 0 Å². The third kappa shape index (κ3) is 2.99. The number of rotatable bonds is 5. The average molecular weight is 292 g/mol. The molecular weight excluding hydrogens is 266 g/mol. The quantitative estimate of drug-likeness (QED) is 0.775. The number of benzene rings is 1. The molecule has 21 heavy (non-hydrogen) atoms. The van der Waals surface area contributed by atoms with Crippen LogP contribution in [0.1, 0.15) is 12.5 Å². The average Bonchev–Trinajstić information content (AvgIpc) is 3.03. The summed E-state index contributed by atoms with van der Waals surface area (Å²) < 4.78 is 18.6. The van der Waals surface area contributed by atoms with E-state index in [0.717, 1.165) is 17.6 Å². The van der Waals surface area contributed by atoms with Crippen LogP contribution in [0.3, 0.4) is 0 Å². The van der Waals surface area contributed by atoms with E-state index >= 15 is 0 Å². The molecule has 1 aromatic rings. The molecule has 0 spiro atoms. The zero-order chi connectivity index (χ0) is 14.9. The Labute approximate surface area is 127 Å². The first-order chi connectivity index (χ1) is 10.1. The maximum Gasteiger partial charge on any atom is 0.142 e. The number of ether oxygens (including phenoxy) is 3. The zero-order valence-electron chi connectivity index (χ0n) is 13.2. The predicted molar refractivity (Wildman–Crippen MR) is 80.9 cm³/mol. The van der Waals surface area contributed by atoms with E-state index in [4.69, 9.17) is 14.2 Å². The van der Waals surface area contributed by atoms with E-state index in [1.165, 1.54) is 5.56 Å². The van der Waals surface area contributed by atoms with E-state index in [0.29, 0.717) is 19.3 Å². The second-order valence-corrected chi connectivity index (χ2v) is 6.58. The molecule has 4 atom stereocenters. The molecule has 2 heterocycles. The molecule has 3 rings (SSSR count). The maximum atomic E-state index is 6.01. The van der Waals surface area contributed by atoms with Gasteiger partial charge in [-0.2, -0.15) is 0 Å². The van der Waals surface area contributed by atoms with Gasteiger partial charge in [0.25, 0.3) is 0 Å². The van der Waals surface area contributed by atoms with Gasteiger partial charge in [0.15, 0.2) is 0 Å². The fourth-order valence-electron chi connectivity index (χ4n) is 3.57. The van der Waals surface area contributed by atoms with Crippen molar-refractivity contribution in [3.05, 3.63) is 35.9 Å². The molecule has 1 aromatic carbocycles. The molecule has 4 heteroatoms. The lowest BCUT2D eigenvalue weighted by molar-refractivity contribution is -0.929. The number of quaternary nitrogens is 1. The van der Waals surface area contributed by atoms with Gasteiger partial charge < -0.3 is 18.7 Å². The van der Waals surface area contributed by atoms with Crippen molar-refractivity contribution < 1.29 is 18.7 Å². The van der Waals surface area contributed by atoms with Crippen molar-refractivity contribution in [1.29, 1.82) is 0 Å². The van der Waals surface area contributed by atoms with Crippen LogP contribution in [0.4, 0.5) is 0 Å². The highest BCUT2D eigenvalue weighted by atomic mass is 16.6. The lowest BCUT2D eigenvalue weighted by Crippen LogP contribution is -2.54. The standard InChI is InChI=1S/C17H26NO3/c1-4-19-15-12-21-16-14(11-20-17(15)16)18(2,3)10-13-8-6-5-7-9-13/h5-9,14-17H,4,10-12H2,1-3H3/q+1/t14-,15+,16+,17+/m0/s1. The van der Waals surface area contributed by atoms with Crippen LogP contribution >= 0.6 is 0 Å². The van der Waals surface area contributed by atoms with Gasteiger partial charge in [0.1, 0.15) is 37.5 Å². The molecular formula is C17H26NO3+. The molecule has 2 saturated heterocycles. The summed E-state index contributed by atoms with van der Waals surface area (Å²) >= 11 is 0. The number of nitrogens with zero attached hydrogens (tertiary/aromatic N) is 1. The van der Waals surface area contributed by atoms with E-state index in [1.807, 2.05) is 6.92 Å². The largest absolute Gasteiger partial charge is 0.373 e. The zero-order valence-corrected chi connectivity index (χ0v) is 13.2. The smallest absolute Gasteiger partial charge is 0.142 e. The molecule has 0 N–H and O–H groups in total. The molecule has 0 saturated carbocycles. The van der Waals surface area contributed by atoms with Crippen molar-refractivity contribution in [3.8, 4) is 0 Å². The van der Waals surface area contributed by atoms with Crippen molar-refractivity contribution in [2.75, 3.05) is 33.9 Å². The highest BCUT2D eigenvalue weighted by molar-refractivity contribution is 5.13. The summed E-state index contributed by atoms with van der Waals surface area (Å²) in [5.41, 5.74) is 1.35. The molecule has 0 aromatic heterocycles. The molecule has 0 bridgehead atoms. The SMILES string of the molecule is CCO[C@@H]1CO[C@H]2[C@@H]1OC[C@@H]2[N+](C)(C)Cc1ccccc1. The van der Waals surface area contributed by atoms with Crippen molar-refractivity contribution in [2.24, 2.45) is 0 Å². The highest BCUT2D eigenvalue weighted by Gasteiger charge is 2.54. The Kier molecular flexibility index (Phi) is 4.31. The number of fused-ring (bicyclic) bond motifs is 1. The van der Waals surface area contributed by atoms with Crippen molar-refractivity contribution in [3.63, 3.8) is 0 Å². The van der Waals surface area contributed by atoms with Gasteiger partial charge in [-0.1, -0.05) is 30.3 Å². The summed E-state index contributed by atoms with van der Waals surface area (Å²) in [4.78, 5) is 0. The van der Waals surface area contributed by atoms with Crippen molar-refractivity contribution >= 4 is 0 Å². The Bertz CT molecular complexity index is 462. The minimum absolute atomic E-state index is 0.0988. The fourth-order valence-corrected chi connectivity index (χ4v) is 3.57. The molecule has 2 fully saturated rings. The van der Waals surface area contributed by atoms with Gasteiger partial charge in [-0.05, 0) is 6.92 Å². The third-order valence-corrected chi connectivity index (χ3v) is 4.69. The van der Waals surface area contributed by atoms with Gasteiger partial charge >= 0.3 is 0 Å². The molecule has 4 nitrogen and oxygen atoms in total. The van der Waals surface area contributed by atoms with Gasteiger partial charge in [0, 0.05) is 12.2 Å². The summed E-state index contributed by atoms with van der Waals surface area (Å²) in [7, 11) is 4.53. The second-order valence-electron chi connectivity index (χ2n) is 6.58. The van der Waals surface area contributed by atoms with Gasteiger partial charge in [-0.25, -0.2) is 0 Å². The van der Waals surface area contributed by atoms with Gasteiger partial charge in [-0.15, -0.1) is 0 Å². The molecule has 0 amide bonds. The summed E-state index contributed by atoms with van der Waals surface area (Å²) in [5.74, 6) is 0. The van der Waals surface area contributed by atoms with Crippen molar-refractivity contribution in [2.45, 2.75) is 37.8 Å². The van der Waals surface area contributed by atoms with Gasteiger partial charge in [0.2, 0.25) is 0 Å². The first-order valence-electron chi connectivity index (χ1n) is 7.83. The Morgan fingerprint density at radius 2 is 1.81 bits per heavy atom. The van der Waals surface area contributed by atoms with Crippen LogP contribution in [0.15, 0.2) is 30.3 Å². The highest BCUT2D eigenvalue weighted by Crippen LogP contribution is 2.34. The first-order valence-corrected chi connectivity index (χ1v) is 7.83. The summed E-state index contributed by atoms with van der Waals surface area (Å²) in [6, 6.07) is 11.0. The minimum Gasteiger partial charge on any atom is -0.373 e. The van der Waals surface area contributed by atoms with Crippen LogP contribution in [-0.2, 0) is 20.8 Å². The number of hydrogen-bond acceptors (Lipinski definition) is 3. The van der Waals surface area contributed by atoms with Crippen LogP contribution in [0.5, 0.6) is 0 Å².